The van der Waals surface area contributed by atoms with Gasteiger partial charge in [-0.15, -0.1) is 0 Å². The van der Waals surface area contributed by atoms with Gasteiger partial charge >= 0.3 is 6.03 Å². The van der Waals surface area contributed by atoms with E-state index in [0.717, 1.165) is 30.6 Å². The van der Waals surface area contributed by atoms with Crippen LogP contribution in [0.3, 0.4) is 0 Å². The van der Waals surface area contributed by atoms with E-state index in [9.17, 15) is 9.59 Å². The average Bonchev–Trinajstić information content (AvgIpc) is 3.12. The first kappa shape index (κ1) is 17.7. The van der Waals surface area contributed by atoms with Gasteiger partial charge in [0.15, 0.2) is 0 Å². The van der Waals surface area contributed by atoms with Crippen LogP contribution in [0.4, 0.5) is 4.79 Å². The second-order valence-electron chi connectivity index (χ2n) is 7.64. The topological polar surface area (TPSA) is 70.7 Å². The molecule has 3 amide bonds. The number of nitrogens with one attached hydrogen (secondary N) is 1. The van der Waals surface area contributed by atoms with Crippen LogP contribution in [0, 0.1) is 0 Å². The van der Waals surface area contributed by atoms with E-state index in [-0.39, 0.29) is 36.6 Å². The van der Waals surface area contributed by atoms with Gasteiger partial charge in [0.2, 0.25) is 5.91 Å². The molecule has 4 rings (SSSR count). The molecular formula is C20H26N4O3. The predicted molar refractivity (Wildman–Crippen MR) is 100 cm³/mol. The van der Waals surface area contributed by atoms with Gasteiger partial charge in [0.1, 0.15) is 12.6 Å². The van der Waals surface area contributed by atoms with Crippen LogP contribution in [0.5, 0.6) is 0 Å². The van der Waals surface area contributed by atoms with E-state index >= 15 is 0 Å². The highest BCUT2D eigenvalue weighted by atomic mass is 16.3. The molecule has 2 aromatic rings. The van der Waals surface area contributed by atoms with E-state index in [4.69, 9.17) is 4.42 Å². The summed E-state index contributed by atoms with van der Waals surface area (Å²) in [6.07, 6.45) is 7.29. The van der Waals surface area contributed by atoms with Crippen molar-refractivity contribution in [1.29, 1.82) is 0 Å². The zero-order valence-corrected chi connectivity index (χ0v) is 15.8. The monoisotopic (exact) mass is 370 g/mol. The van der Waals surface area contributed by atoms with Crippen molar-refractivity contribution in [3.8, 4) is 0 Å². The van der Waals surface area contributed by atoms with Crippen LogP contribution < -0.4 is 5.32 Å². The second kappa shape index (κ2) is 7.13. The average molecular weight is 370 g/mol. The Morgan fingerprint density at radius 2 is 2.11 bits per heavy atom. The molecule has 1 fully saturated rings. The molecule has 0 radical (unpaired) electrons. The Hall–Kier alpha value is -2.70. The summed E-state index contributed by atoms with van der Waals surface area (Å²) in [4.78, 5) is 29.3. The fourth-order valence-corrected chi connectivity index (χ4v) is 3.75. The summed E-state index contributed by atoms with van der Waals surface area (Å²) in [7, 11) is 0. The van der Waals surface area contributed by atoms with Gasteiger partial charge in [-0.1, -0.05) is 0 Å². The number of aromatic nitrogens is 1. The molecule has 0 saturated heterocycles. The number of fused-ring (bicyclic) bond motifs is 1. The second-order valence-corrected chi connectivity index (χ2v) is 7.64. The lowest BCUT2D eigenvalue weighted by molar-refractivity contribution is -0.134. The Labute approximate surface area is 158 Å². The number of hydrogen-bond acceptors (Lipinski definition) is 3. The smallest absolute Gasteiger partial charge is 0.318 e. The van der Waals surface area contributed by atoms with Gasteiger partial charge in [-0.25, -0.2) is 4.79 Å². The minimum absolute atomic E-state index is 0.0283. The van der Waals surface area contributed by atoms with Crippen molar-refractivity contribution in [2.24, 2.45) is 0 Å². The van der Waals surface area contributed by atoms with Crippen molar-refractivity contribution in [2.45, 2.75) is 51.4 Å². The molecule has 144 valence electrons. The highest BCUT2D eigenvalue weighted by molar-refractivity contribution is 5.85. The Kier molecular flexibility index (Phi) is 4.68. The Balaban J connectivity index is 1.56. The number of furan rings is 1. The highest BCUT2D eigenvalue weighted by Crippen LogP contribution is 2.33. The van der Waals surface area contributed by atoms with Crippen molar-refractivity contribution in [3.05, 3.63) is 48.2 Å². The number of nitrogens with zero attached hydrogens (tertiary/aromatic N) is 3. The maximum absolute atomic E-state index is 13.2. The van der Waals surface area contributed by atoms with E-state index in [1.54, 1.807) is 17.4 Å². The summed E-state index contributed by atoms with van der Waals surface area (Å²) in [5, 5.41) is 2.92. The zero-order chi connectivity index (χ0) is 19.0. The molecule has 0 aromatic carbocycles. The largest absolute Gasteiger partial charge is 0.472 e. The maximum atomic E-state index is 13.2. The minimum atomic E-state index is -0.186. The highest BCUT2D eigenvalue weighted by Gasteiger charge is 2.38. The standard InChI is InChI=1S/C20H26N4O3/c1-14(2)21-20(26)24(16-5-6-16)12-18(25)23-10-9-22-8-3-4-17(22)19(23)15-7-11-27-13-15/h3-4,7-8,11,13-14,16,19H,5-6,9-10,12H2,1-2H3,(H,21,26)/t19-/m0/s1. The molecular weight excluding hydrogens is 344 g/mol. The molecule has 0 spiro atoms. The van der Waals surface area contributed by atoms with Gasteiger partial charge in [0, 0.05) is 42.6 Å². The lowest BCUT2D eigenvalue weighted by Crippen LogP contribution is -2.51. The summed E-state index contributed by atoms with van der Waals surface area (Å²) in [6, 6.07) is 5.83. The van der Waals surface area contributed by atoms with Gasteiger partial charge in [-0.05, 0) is 44.9 Å². The lowest BCUT2D eigenvalue weighted by Gasteiger charge is -2.38. The van der Waals surface area contributed by atoms with Crippen LogP contribution >= 0.6 is 0 Å². The number of amides is 3. The molecule has 3 heterocycles. The molecule has 1 N–H and O–H groups in total. The van der Waals surface area contributed by atoms with Crippen LogP contribution in [-0.4, -0.2) is 51.5 Å². The molecule has 7 nitrogen and oxygen atoms in total. The molecule has 0 unspecified atom stereocenters. The summed E-state index contributed by atoms with van der Waals surface area (Å²) < 4.78 is 7.45. The summed E-state index contributed by atoms with van der Waals surface area (Å²) in [6.45, 7) is 5.33. The SMILES string of the molecule is CC(C)NC(=O)N(CC(=O)N1CCn2cccc2[C@@H]1c1ccoc1)C1CC1. The Bertz CT molecular complexity index is 807. The van der Waals surface area contributed by atoms with Gasteiger partial charge in [0.25, 0.3) is 0 Å². The van der Waals surface area contributed by atoms with E-state index in [1.165, 1.54) is 0 Å². The molecule has 1 atom stereocenters. The lowest BCUT2D eigenvalue weighted by atomic mass is 10.0. The molecule has 27 heavy (non-hydrogen) atoms. The van der Waals surface area contributed by atoms with Crippen LogP contribution in [0.15, 0.2) is 41.3 Å². The number of hydrogen-bond donors (Lipinski definition) is 1. The molecule has 1 aliphatic carbocycles. The van der Waals surface area contributed by atoms with Crippen LogP contribution in [0.1, 0.15) is 44.0 Å². The van der Waals surface area contributed by atoms with Crippen molar-refractivity contribution < 1.29 is 14.0 Å². The van der Waals surface area contributed by atoms with E-state index < -0.39 is 0 Å². The number of rotatable bonds is 5. The summed E-state index contributed by atoms with van der Waals surface area (Å²) in [5.74, 6) is -0.0283. The van der Waals surface area contributed by atoms with Crippen LogP contribution in [-0.2, 0) is 11.3 Å². The van der Waals surface area contributed by atoms with E-state index in [0.29, 0.717) is 6.54 Å². The third kappa shape index (κ3) is 3.59. The Morgan fingerprint density at radius 3 is 2.78 bits per heavy atom. The maximum Gasteiger partial charge on any atom is 0.318 e. The van der Waals surface area contributed by atoms with Crippen molar-refractivity contribution in [3.63, 3.8) is 0 Å². The zero-order valence-electron chi connectivity index (χ0n) is 15.8. The first-order chi connectivity index (χ1) is 13.0. The first-order valence-corrected chi connectivity index (χ1v) is 9.58. The van der Waals surface area contributed by atoms with Crippen molar-refractivity contribution >= 4 is 11.9 Å². The molecule has 2 aromatic heterocycles. The van der Waals surface area contributed by atoms with Crippen molar-refractivity contribution in [1.82, 2.24) is 19.7 Å². The molecule has 1 aliphatic heterocycles. The van der Waals surface area contributed by atoms with Crippen LogP contribution in [0.2, 0.25) is 0 Å². The normalized spacial score (nSPS) is 19.1. The quantitative estimate of drug-likeness (QED) is 0.879. The Morgan fingerprint density at radius 1 is 1.30 bits per heavy atom. The minimum Gasteiger partial charge on any atom is -0.472 e. The van der Waals surface area contributed by atoms with Gasteiger partial charge in [-0.3, -0.25) is 4.79 Å². The third-order valence-corrected chi connectivity index (χ3v) is 5.18. The summed E-state index contributed by atoms with van der Waals surface area (Å²) in [5.41, 5.74) is 2.02. The van der Waals surface area contributed by atoms with Gasteiger partial charge < -0.3 is 24.1 Å². The summed E-state index contributed by atoms with van der Waals surface area (Å²) >= 11 is 0. The molecule has 1 saturated carbocycles. The van der Waals surface area contributed by atoms with Crippen LogP contribution in [0.25, 0.3) is 0 Å². The fourth-order valence-electron chi connectivity index (χ4n) is 3.75. The number of carbonyl (C=O) groups is 2. The fraction of sp³-hybridized carbons (Fsp3) is 0.500. The van der Waals surface area contributed by atoms with E-state index in [1.807, 2.05) is 43.1 Å². The van der Waals surface area contributed by atoms with Crippen molar-refractivity contribution in [2.75, 3.05) is 13.1 Å². The molecule has 2 aliphatic rings. The third-order valence-electron chi connectivity index (χ3n) is 5.18. The van der Waals surface area contributed by atoms with Gasteiger partial charge in [0.05, 0.1) is 12.5 Å². The van der Waals surface area contributed by atoms with E-state index in [2.05, 4.69) is 9.88 Å². The van der Waals surface area contributed by atoms with Gasteiger partial charge in [-0.2, -0.15) is 0 Å². The number of carbonyl (C=O) groups excluding carboxylic acids is 2. The predicted octanol–water partition coefficient (Wildman–Crippen LogP) is 2.60. The molecule has 7 heteroatoms. The first-order valence-electron chi connectivity index (χ1n) is 9.58. The molecule has 0 bridgehead atoms. The number of urea groups is 1.